The van der Waals surface area contributed by atoms with Crippen LogP contribution in [0.2, 0.25) is 0 Å². The van der Waals surface area contributed by atoms with Crippen molar-refractivity contribution in [2.24, 2.45) is 5.73 Å². The van der Waals surface area contributed by atoms with Crippen LogP contribution >= 0.6 is 0 Å². The summed E-state index contributed by atoms with van der Waals surface area (Å²) in [4.78, 5) is 18.7. The Bertz CT molecular complexity index is 354. The molecule has 82 valence electrons. The lowest BCUT2D eigenvalue weighted by molar-refractivity contribution is -0.117. The molecule has 1 rings (SSSR count). The van der Waals surface area contributed by atoms with E-state index >= 15 is 0 Å². The van der Waals surface area contributed by atoms with Crippen LogP contribution < -0.4 is 15.8 Å². The smallest absolute Gasteiger partial charge is 0.219 e. The first kappa shape index (κ1) is 11.2. The number of rotatable bonds is 5. The van der Waals surface area contributed by atoms with Crippen LogP contribution in [0.5, 0.6) is 5.88 Å². The predicted octanol–water partition coefficient (Wildman–Crippen LogP) is 0.0809. The number of aryl methyl sites for hydroxylation is 1. The standard InChI is InChI=1S/C9H14N4O2/c1-6-12-8(5-9(13-6)15-2)11-4-3-7(10)14/h5H,3-4H2,1-2H3,(H2,10,14)(H,11,12,13). The summed E-state index contributed by atoms with van der Waals surface area (Å²) >= 11 is 0. The van der Waals surface area contributed by atoms with Gasteiger partial charge in [0.1, 0.15) is 11.6 Å². The highest BCUT2D eigenvalue weighted by molar-refractivity contribution is 5.74. The van der Waals surface area contributed by atoms with Crippen LogP contribution in [-0.2, 0) is 4.79 Å². The number of nitrogens with one attached hydrogen (secondary N) is 1. The SMILES string of the molecule is COc1cc(NCCC(N)=O)nc(C)n1. The molecule has 0 aliphatic heterocycles. The number of hydrogen-bond acceptors (Lipinski definition) is 5. The van der Waals surface area contributed by atoms with Gasteiger partial charge in [-0.3, -0.25) is 4.79 Å². The topological polar surface area (TPSA) is 90.1 Å². The Kier molecular flexibility index (Phi) is 3.84. The predicted molar refractivity (Wildman–Crippen MR) is 55.6 cm³/mol. The van der Waals surface area contributed by atoms with E-state index in [4.69, 9.17) is 10.5 Å². The van der Waals surface area contributed by atoms with Crippen LogP contribution in [0.1, 0.15) is 12.2 Å². The van der Waals surface area contributed by atoms with Crippen LogP contribution in [0.4, 0.5) is 5.82 Å². The third kappa shape index (κ3) is 3.80. The lowest BCUT2D eigenvalue weighted by atomic mass is 10.4. The van der Waals surface area contributed by atoms with Crippen molar-refractivity contribution in [1.82, 2.24) is 9.97 Å². The van der Waals surface area contributed by atoms with Crippen LogP contribution in [0, 0.1) is 6.92 Å². The molecule has 0 radical (unpaired) electrons. The molecule has 3 N–H and O–H groups in total. The maximum absolute atomic E-state index is 10.5. The summed E-state index contributed by atoms with van der Waals surface area (Å²) in [5.41, 5.74) is 5.01. The van der Waals surface area contributed by atoms with Gasteiger partial charge >= 0.3 is 0 Å². The number of amides is 1. The maximum Gasteiger partial charge on any atom is 0.219 e. The molecule has 1 aromatic heterocycles. The van der Waals surface area contributed by atoms with Crippen molar-refractivity contribution in [3.63, 3.8) is 0 Å². The van der Waals surface area contributed by atoms with Gasteiger partial charge in [0, 0.05) is 19.0 Å². The normalized spacial score (nSPS) is 9.73. The lowest BCUT2D eigenvalue weighted by Gasteiger charge is -2.06. The highest BCUT2D eigenvalue weighted by Crippen LogP contribution is 2.12. The summed E-state index contributed by atoms with van der Waals surface area (Å²) in [6.45, 7) is 2.22. The van der Waals surface area contributed by atoms with Gasteiger partial charge in [-0.05, 0) is 6.92 Å². The molecule has 0 spiro atoms. The van der Waals surface area contributed by atoms with E-state index in [1.165, 1.54) is 7.11 Å². The Labute approximate surface area is 87.9 Å². The number of aromatic nitrogens is 2. The van der Waals surface area contributed by atoms with E-state index in [1.807, 2.05) is 0 Å². The molecular weight excluding hydrogens is 196 g/mol. The monoisotopic (exact) mass is 210 g/mol. The third-order valence-corrected chi connectivity index (χ3v) is 1.70. The van der Waals surface area contributed by atoms with Gasteiger partial charge in [-0.1, -0.05) is 0 Å². The molecule has 6 nitrogen and oxygen atoms in total. The number of ether oxygens (including phenoxy) is 1. The second-order valence-corrected chi connectivity index (χ2v) is 2.99. The molecule has 0 aliphatic carbocycles. The second-order valence-electron chi connectivity index (χ2n) is 2.99. The minimum atomic E-state index is -0.347. The number of nitrogens with zero attached hydrogens (tertiary/aromatic N) is 2. The number of carbonyl (C=O) groups is 1. The summed E-state index contributed by atoms with van der Waals surface area (Å²) in [6.07, 6.45) is 0.269. The molecule has 1 amide bonds. The zero-order chi connectivity index (χ0) is 11.3. The Morgan fingerprint density at radius 1 is 1.60 bits per heavy atom. The summed E-state index contributed by atoms with van der Waals surface area (Å²) in [5.74, 6) is 1.38. The number of primary amides is 1. The van der Waals surface area contributed by atoms with Gasteiger partial charge in [-0.25, -0.2) is 4.98 Å². The Morgan fingerprint density at radius 2 is 2.33 bits per heavy atom. The molecule has 0 saturated heterocycles. The Morgan fingerprint density at radius 3 is 2.93 bits per heavy atom. The third-order valence-electron chi connectivity index (χ3n) is 1.70. The highest BCUT2D eigenvalue weighted by Gasteiger charge is 2.01. The first-order valence-electron chi connectivity index (χ1n) is 4.53. The van der Waals surface area contributed by atoms with Gasteiger partial charge in [0.2, 0.25) is 11.8 Å². The highest BCUT2D eigenvalue weighted by atomic mass is 16.5. The van der Waals surface area contributed by atoms with Crippen molar-refractivity contribution in [3.8, 4) is 5.88 Å². The molecule has 6 heteroatoms. The zero-order valence-electron chi connectivity index (χ0n) is 8.78. The quantitative estimate of drug-likeness (QED) is 0.718. The summed E-state index contributed by atoms with van der Waals surface area (Å²) < 4.78 is 4.98. The molecule has 0 aromatic carbocycles. The largest absolute Gasteiger partial charge is 0.481 e. The molecular formula is C9H14N4O2. The number of anilines is 1. The first-order valence-corrected chi connectivity index (χ1v) is 4.53. The van der Waals surface area contributed by atoms with Crippen molar-refractivity contribution < 1.29 is 9.53 Å². The van der Waals surface area contributed by atoms with Crippen molar-refractivity contribution in [2.45, 2.75) is 13.3 Å². The maximum atomic E-state index is 10.5. The molecule has 0 bridgehead atoms. The molecule has 1 heterocycles. The van der Waals surface area contributed by atoms with E-state index in [2.05, 4.69) is 15.3 Å². The number of carbonyl (C=O) groups excluding carboxylic acids is 1. The molecule has 0 atom stereocenters. The van der Waals surface area contributed by atoms with E-state index in [0.717, 1.165) is 0 Å². The van der Waals surface area contributed by atoms with Gasteiger partial charge in [0.15, 0.2) is 0 Å². The Hall–Kier alpha value is -1.85. The van der Waals surface area contributed by atoms with Crippen LogP contribution in [-0.4, -0.2) is 29.5 Å². The summed E-state index contributed by atoms with van der Waals surface area (Å²) in [5, 5.41) is 2.96. The van der Waals surface area contributed by atoms with Gasteiger partial charge in [0.05, 0.1) is 7.11 Å². The van der Waals surface area contributed by atoms with Gasteiger partial charge in [-0.15, -0.1) is 0 Å². The van der Waals surface area contributed by atoms with Crippen LogP contribution in [0.25, 0.3) is 0 Å². The van der Waals surface area contributed by atoms with Gasteiger partial charge in [0.25, 0.3) is 0 Å². The van der Waals surface area contributed by atoms with Crippen LogP contribution in [0.15, 0.2) is 6.07 Å². The van der Waals surface area contributed by atoms with E-state index in [-0.39, 0.29) is 12.3 Å². The fraction of sp³-hybridized carbons (Fsp3) is 0.444. The van der Waals surface area contributed by atoms with E-state index < -0.39 is 0 Å². The van der Waals surface area contributed by atoms with Crippen molar-refractivity contribution in [2.75, 3.05) is 19.0 Å². The molecule has 0 fully saturated rings. The number of hydrogen-bond donors (Lipinski definition) is 2. The van der Waals surface area contributed by atoms with Crippen molar-refractivity contribution in [3.05, 3.63) is 11.9 Å². The summed E-state index contributed by atoms with van der Waals surface area (Å²) in [6, 6.07) is 1.66. The fourth-order valence-corrected chi connectivity index (χ4v) is 1.05. The van der Waals surface area contributed by atoms with E-state index in [9.17, 15) is 4.79 Å². The van der Waals surface area contributed by atoms with E-state index in [1.54, 1.807) is 13.0 Å². The van der Waals surface area contributed by atoms with E-state index in [0.29, 0.717) is 24.1 Å². The number of nitrogens with two attached hydrogens (primary N) is 1. The Balaban J connectivity index is 2.60. The van der Waals surface area contributed by atoms with Crippen LogP contribution in [0.3, 0.4) is 0 Å². The molecule has 0 unspecified atom stereocenters. The molecule has 0 saturated carbocycles. The molecule has 0 aliphatic rings. The van der Waals surface area contributed by atoms with Crippen molar-refractivity contribution >= 4 is 11.7 Å². The number of methoxy groups -OCH3 is 1. The van der Waals surface area contributed by atoms with Gasteiger partial charge < -0.3 is 15.8 Å². The lowest BCUT2D eigenvalue weighted by Crippen LogP contribution is -2.16. The fourth-order valence-electron chi connectivity index (χ4n) is 1.05. The average molecular weight is 210 g/mol. The van der Waals surface area contributed by atoms with Gasteiger partial charge in [-0.2, -0.15) is 4.98 Å². The molecule has 1 aromatic rings. The second kappa shape index (κ2) is 5.14. The minimum Gasteiger partial charge on any atom is -0.481 e. The summed E-state index contributed by atoms with van der Waals surface area (Å²) in [7, 11) is 1.54. The first-order chi connectivity index (χ1) is 7.11. The zero-order valence-corrected chi connectivity index (χ0v) is 8.78. The minimum absolute atomic E-state index is 0.269. The average Bonchev–Trinajstić information content (AvgIpc) is 2.16. The van der Waals surface area contributed by atoms with Crippen molar-refractivity contribution in [1.29, 1.82) is 0 Å². The molecule has 15 heavy (non-hydrogen) atoms.